The van der Waals surface area contributed by atoms with Crippen LogP contribution in [0.1, 0.15) is 24.0 Å². The van der Waals surface area contributed by atoms with E-state index in [-0.39, 0.29) is 0 Å². The summed E-state index contributed by atoms with van der Waals surface area (Å²) in [6.07, 6.45) is 2.74. The molecule has 0 aromatic heterocycles. The van der Waals surface area contributed by atoms with Gasteiger partial charge in [-0.1, -0.05) is 42.5 Å². The molecule has 4 heteroatoms. The van der Waals surface area contributed by atoms with E-state index >= 15 is 0 Å². The first-order valence-electron chi connectivity index (χ1n) is 11.0. The number of nitrogens with one attached hydrogen (secondary N) is 3. The molecule has 28 heavy (non-hydrogen) atoms. The molecule has 4 rings (SSSR count). The van der Waals surface area contributed by atoms with Gasteiger partial charge in [0.05, 0.1) is 26.2 Å². The Balaban J connectivity index is 1.21. The number of ether oxygens (including phenoxy) is 1. The van der Waals surface area contributed by atoms with Crippen molar-refractivity contribution in [3.05, 3.63) is 65.7 Å². The summed E-state index contributed by atoms with van der Waals surface area (Å²) < 4.78 is 5.54. The minimum atomic E-state index is 0.875. The number of likely N-dealkylation sites (tertiary alicyclic amines) is 1. The third-order valence-corrected chi connectivity index (χ3v) is 6.80. The zero-order valence-corrected chi connectivity index (χ0v) is 17.3. The van der Waals surface area contributed by atoms with Crippen molar-refractivity contribution in [2.45, 2.75) is 32.0 Å². The fourth-order valence-electron chi connectivity index (χ4n) is 5.12. The highest BCUT2D eigenvalue weighted by Crippen LogP contribution is 2.16. The summed E-state index contributed by atoms with van der Waals surface area (Å²) in [5.41, 5.74) is 2.83. The Kier molecular flexibility index (Phi) is 6.63. The van der Waals surface area contributed by atoms with Crippen molar-refractivity contribution in [3.8, 4) is 5.75 Å². The summed E-state index contributed by atoms with van der Waals surface area (Å²) in [6, 6.07) is 20.4. The van der Waals surface area contributed by atoms with Gasteiger partial charge in [-0.15, -0.1) is 0 Å². The predicted octanol–water partition coefficient (Wildman–Crippen LogP) is -0.774. The van der Waals surface area contributed by atoms with Crippen LogP contribution in [0.2, 0.25) is 0 Å². The predicted molar refractivity (Wildman–Crippen MR) is 112 cm³/mol. The molecule has 150 valence electrons. The van der Waals surface area contributed by atoms with Crippen molar-refractivity contribution in [3.63, 3.8) is 0 Å². The Morgan fingerprint density at radius 3 is 2.11 bits per heavy atom. The molecule has 0 atom stereocenters. The SMILES string of the molecule is COc1ccccc1C[NH+]1CCC([NH+]2CC[NH+](Cc3ccccc3)CC2)CC1. The van der Waals surface area contributed by atoms with Gasteiger partial charge in [-0.25, -0.2) is 0 Å². The van der Waals surface area contributed by atoms with Crippen LogP contribution in [0, 0.1) is 0 Å². The van der Waals surface area contributed by atoms with Crippen LogP contribution in [0.3, 0.4) is 0 Å². The first-order chi connectivity index (χ1) is 13.8. The maximum Gasteiger partial charge on any atom is 0.127 e. The lowest BCUT2D eigenvalue weighted by molar-refractivity contribution is -1.04. The number of benzene rings is 2. The van der Waals surface area contributed by atoms with Crippen LogP contribution in [0.4, 0.5) is 0 Å². The fourth-order valence-corrected chi connectivity index (χ4v) is 5.12. The summed E-state index contributed by atoms with van der Waals surface area (Å²) in [6.45, 7) is 10.2. The lowest BCUT2D eigenvalue weighted by atomic mass is 10.0. The van der Waals surface area contributed by atoms with Gasteiger partial charge in [-0.3, -0.25) is 0 Å². The first kappa shape index (κ1) is 19.4. The van der Waals surface area contributed by atoms with Crippen molar-refractivity contribution in [1.29, 1.82) is 0 Å². The van der Waals surface area contributed by atoms with E-state index in [1.54, 1.807) is 16.9 Å². The van der Waals surface area contributed by atoms with E-state index in [4.69, 9.17) is 4.74 Å². The number of hydrogen-bond acceptors (Lipinski definition) is 1. The Bertz CT molecular complexity index is 720. The van der Waals surface area contributed by atoms with Gasteiger partial charge in [0.2, 0.25) is 0 Å². The van der Waals surface area contributed by atoms with Crippen LogP contribution < -0.4 is 19.4 Å². The van der Waals surface area contributed by atoms with Gasteiger partial charge < -0.3 is 19.4 Å². The Morgan fingerprint density at radius 2 is 1.39 bits per heavy atom. The van der Waals surface area contributed by atoms with Gasteiger partial charge in [0.15, 0.2) is 0 Å². The molecule has 2 saturated heterocycles. The van der Waals surface area contributed by atoms with Crippen molar-refractivity contribution in [2.75, 3.05) is 46.4 Å². The summed E-state index contributed by atoms with van der Waals surface area (Å²) in [7, 11) is 1.78. The maximum atomic E-state index is 5.54. The topological polar surface area (TPSA) is 22.6 Å². The van der Waals surface area contributed by atoms with Crippen molar-refractivity contribution >= 4 is 0 Å². The largest absolute Gasteiger partial charge is 0.496 e. The average Bonchev–Trinajstić information content (AvgIpc) is 2.76. The minimum Gasteiger partial charge on any atom is -0.496 e. The van der Waals surface area contributed by atoms with E-state index in [1.165, 1.54) is 69.8 Å². The van der Waals surface area contributed by atoms with Crippen LogP contribution in [0.15, 0.2) is 54.6 Å². The van der Waals surface area contributed by atoms with Crippen molar-refractivity contribution < 1.29 is 19.4 Å². The zero-order valence-electron chi connectivity index (χ0n) is 17.3. The molecule has 2 aliphatic heterocycles. The van der Waals surface area contributed by atoms with E-state index in [2.05, 4.69) is 54.6 Å². The van der Waals surface area contributed by atoms with Gasteiger partial charge >= 0.3 is 0 Å². The monoisotopic (exact) mass is 382 g/mol. The third kappa shape index (κ3) is 4.93. The van der Waals surface area contributed by atoms with Crippen LogP contribution in [0.25, 0.3) is 0 Å². The summed E-state index contributed by atoms with van der Waals surface area (Å²) in [4.78, 5) is 5.34. The lowest BCUT2D eigenvalue weighted by Crippen LogP contribution is -3.30. The molecule has 0 saturated carbocycles. The minimum absolute atomic E-state index is 0.875. The van der Waals surface area contributed by atoms with E-state index in [0.29, 0.717) is 0 Å². The van der Waals surface area contributed by atoms with Gasteiger partial charge in [-0.05, 0) is 12.1 Å². The Hall–Kier alpha value is -1.88. The third-order valence-electron chi connectivity index (χ3n) is 6.80. The molecule has 0 bridgehead atoms. The highest BCUT2D eigenvalue weighted by atomic mass is 16.5. The summed E-state index contributed by atoms with van der Waals surface area (Å²) >= 11 is 0. The Morgan fingerprint density at radius 1 is 0.750 bits per heavy atom. The van der Waals surface area contributed by atoms with E-state index < -0.39 is 0 Å². The summed E-state index contributed by atoms with van der Waals surface area (Å²) in [5.74, 6) is 1.04. The lowest BCUT2D eigenvalue weighted by Gasteiger charge is -2.37. The van der Waals surface area contributed by atoms with Gasteiger partial charge in [0.25, 0.3) is 0 Å². The second-order valence-corrected chi connectivity index (χ2v) is 8.58. The second kappa shape index (κ2) is 9.55. The number of piperazine rings is 1. The standard InChI is InChI=1S/C24H33N3O/c1-28-24-10-6-5-9-22(24)20-25-13-11-23(12-14-25)27-17-15-26(16-18-27)19-21-7-3-2-4-8-21/h2-10,23H,11-20H2,1H3/p+3. The second-order valence-electron chi connectivity index (χ2n) is 8.58. The van der Waals surface area contributed by atoms with Gasteiger partial charge in [0, 0.05) is 24.0 Å². The molecule has 2 heterocycles. The zero-order chi connectivity index (χ0) is 19.2. The molecule has 4 nitrogen and oxygen atoms in total. The molecule has 2 aliphatic rings. The number of piperidine rings is 1. The van der Waals surface area contributed by atoms with Crippen LogP contribution in [-0.4, -0.2) is 52.4 Å². The van der Waals surface area contributed by atoms with Crippen LogP contribution >= 0.6 is 0 Å². The number of quaternary nitrogens is 3. The van der Waals surface area contributed by atoms with Crippen LogP contribution in [-0.2, 0) is 13.1 Å². The quantitative estimate of drug-likeness (QED) is 0.600. The highest BCUT2D eigenvalue weighted by Gasteiger charge is 2.33. The molecular weight excluding hydrogens is 346 g/mol. The van der Waals surface area contributed by atoms with Crippen LogP contribution in [0.5, 0.6) is 5.75 Å². The van der Waals surface area contributed by atoms with Crippen molar-refractivity contribution in [2.24, 2.45) is 0 Å². The fraction of sp³-hybridized carbons (Fsp3) is 0.500. The molecule has 0 spiro atoms. The summed E-state index contributed by atoms with van der Waals surface area (Å²) in [5, 5.41) is 0. The molecule has 0 amide bonds. The highest BCUT2D eigenvalue weighted by molar-refractivity contribution is 5.32. The molecule has 2 aromatic carbocycles. The Labute approximate surface area is 169 Å². The normalized spacial score (nSPS) is 28.0. The molecular formula is C24H36N3O+3. The van der Waals surface area contributed by atoms with Gasteiger partial charge in [-0.2, -0.15) is 0 Å². The number of rotatable bonds is 6. The van der Waals surface area contributed by atoms with E-state index in [9.17, 15) is 0 Å². The number of methoxy groups -OCH3 is 1. The molecule has 0 aliphatic carbocycles. The smallest absolute Gasteiger partial charge is 0.127 e. The van der Waals surface area contributed by atoms with E-state index in [1.807, 2.05) is 4.90 Å². The van der Waals surface area contributed by atoms with Gasteiger partial charge in [0.1, 0.15) is 45.0 Å². The first-order valence-corrected chi connectivity index (χ1v) is 11.0. The molecule has 2 aromatic rings. The average molecular weight is 383 g/mol. The number of para-hydroxylation sites is 1. The molecule has 0 unspecified atom stereocenters. The number of hydrogen-bond donors (Lipinski definition) is 3. The molecule has 0 radical (unpaired) electrons. The molecule has 2 fully saturated rings. The maximum absolute atomic E-state index is 5.54. The van der Waals surface area contributed by atoms with E-state index in [0.717, 1.165) is 18.3 Å². The molecule has 3 N–H and O–H groups in total. The van der Waals surface area contributed by atoms with Crippen molar-refractivity contribution in [1.82, 2.24) is 0 Å².